The minimum absolute atomic E-state index is 0.476. The van der Waals surface area contributed by atoms with Crippen LogP contribution in [-0.4, -0.2) is 30.4 Å². The minimum Gasteiger partial charge on any atom is -0.340 e. The van der Waals surface area contributed by atoms with Gasteiger partial charge in [0.25, 0.3) is 0 Å². The molecule has 3 nitrogen and oxygen atoms in total. The topological polar surface area (TPSA) is 39.1 Å². The Morgan fingerprint density at radius 2 is 2.05 bits per heavy atom. The molecule has 116 valence electrons. The second-order valence-electron chi connectivity index (χ2n) is 5.83. The second kappa shape index (κ2) is 7.56. The Kier molecular flexibility index (Phi) is 5.24. The molecule has 1 aliphatic heterocycles. The summed E-state index contributed by atoms with van der Waals surface area (Å²) in [6.07, 6.45) is 5.05. The predicted octanol–water partition coefficient (Wildman–Crippen LogP) is 4.21. The maximum Gasteiger partial charge on any atom is 0.140 e. The van der Waals surface area contributed by atoms with E-state index in [2.05, 4.69) is 28.4 Å². The van der Waals surface area contributed by atoms with Crippen LogP contribution in [0.25, 0.3) is 0 Å². The van der Waals surface area contributed by atoms with E-state index in [9.17, 15) is 0 Å². The van der Waals surface area contributed by atoms with Gasteiger partial charge in [-0.1, -0.05) is 18.2 Å². The van der Waals surface area contributed by atoms with Crippen LogP contribution in [0.1, 0.15) is 29.7 Å². The van der Waals surface area contributed by atoms with Crippen LogP contribution in [0.4, 0.5) is 5.69 Å². The summed E-state index contributed by atoms with van der Waals surface area (Å²) in [5, 5.41) is 13.3. The lowest BCUT2D eigenvalue weighted by atomic mass is 10.1. The Hall–Kier alpha value is -1.65. The highest BCUT2D eigenvalue weighted by Gasteiger charge is 2.10. The SMILES string of the molecule is N=C(Nc1cccc(CCCN2CCCC2)c1)c1cccs1. The molecule has 3 rings (SSSR count). The van der Waals surface area contributed by atoms with E-state index in [1.165, 1.54) is 44.5 Å². The van der Waals surface area contributed by atoms with Crippen LogP contribution in [0, 0.1) is 5.41 Å². The second-order valence-corrected chi connectivity index (χ2v) is 6.78. The zero-order valence-electron chi connectivity index (χ0n) is 12.8. The molecule has 0 aliphatic carbocycles. The monoisotopic (exact) mass is 313 g/mol. The summed E-state index contributed by atoms with van der Waals surface area (Å²) in [7, 11) is 0. The van der Waals surface area contributed by atoms with Crippen LogP contribution in [0.3, 0.4) is 0 Å². The fourth-order valence-corrected chi connectivity index (χ4v) is 3.57. The Bertz CT molecular complexity index is 601. The molecule has 22 heavy (non-hydrogen) atoms. The van der Waals surface area contributed by atoms with Crippen molar-refractivity contribution in [3.63, 3.8) is 0 Å². The van der Waals surface area contributed by atoms with Crippen LogP contribution >= 0.6 is 11.3 Å². The van der Waals surface area contributed by atoms with Gasteiger partial charge in [-0.25, -0.2) is 0 Å². The fourth-order valence-electron chi connectivity index (χ4n) is 2.94. The number of aryl methyl sites for hydroxylation is 1. The van der Waals surface area contributed by atoms with E-state index in [-0.39, 0.29) is 0 Å². The molecule has 0 radical (unpaired) electrons. The highest BCUT2D eigenvalue weighted by Crippen LogP contribution is 2.16. The van der Waals surface area contributed by atoms with Gasteiger partial charge in [-0.15, -0.1) is 11.3 Å². The smallest absolute Gasteiger partial charge is 0.140 e. The van der Waals surface area contributed by atoms with Gasteiger partial charge in [0.05, 0.1) is 4.88 Å². The molecule has 4 heteroatoms. The average Bonchev–Trinajstić information content (AvgIpc) is 3.21. The zero-order valence-corrected chi connectivity index (χ0v) is 13.7. The van der Waals surface area contributed by atoms with Crippen molar-refractivity contribution in [2.75, 3.05) is 25.0 Å². The molecule has 0 bridgehead atoms. The maximum absolute atomic E-state index is 8.10. The molecule has 2 heterocycles. The molecule has 1 saturated heterocycles. The number of nitrogens with one attached hydrogen (secondary N) is 2. The van der Waals surface area contributed by atoms with Gasteiger partial charge in [-0.3, -0.25) is 5.41 Å². The van der Waals surface area contributed by atoms with Gasteiger partial charge >= 0.3 is 0 Å². The first-order valence-corrected chi connectivity index (χ1v) is 8.90. The molecule has 1 fully saturated rings. The standard InChI is InChI=1S/C18H23N3S/c19-18(17-9-5-13-22-17)20-16-8-3-6-15(14-16)7-4-12-21-10-1-2-11-21/h3,5-6,8-9,13-14H,1-2,4,7,10-12H2,(H2,19,20). The first kappa shape index (κ1) is 15.3. The molecular weight excluding hydrogens is 290 g/mol. The third-order valence-electron chi connectivity index (χ3n) is 4.10. The number of anilines is 1. The molecule has 1 aromatic heterocycles. The summed E-state index contributed by atoms with van der Waals surface area (Å²) < 4.78 is 0. The van der Waals surface area contributed by atoms with Gasteiger partial charge in [0.2, 0.25) is 0 Å². The summed E-state index contributed by atoms with van der Waals surface area (Å²) in [5.74, 6) is 0.476. The number of benzene rings is 1. The van der Waals surface area contributed by atoms with Gasteiger partial charge < -0.3 is 10.2 Å². The molecule has 1 aliphatic rings. The van der Waals surface area contributed by atoms with Crippen LogP contribution in [0.5, 0.6) is 0 Å². The minimum atomic E-state index is 0.476. The molecule has 0 atom stereocenters. The first-order chi connectivity index (χ1) is 10.8. The molecule has 0 unspecified atom stereocenters. The third-order valence-corrected chi connectivity index (χ3v) is 4.99. The largest absolute Gasteiger partial charge is 0.340 e. The lowest BCUT2D eigenvalue weighted by molar-refractivity contribution is 0.334. The Balaban J connectivity index is 1.52. The number of rotatable bonds is 6. The van der Waals surface area contributed by atoms with Crippen molar-refractivity contribution in [3.05, 3.63) is 52.2 Å². The highest BCUT2D eigenvalue weighted by atomic mass is 32.1. The summed E-state index contributed by atoms with van der Waals surface area (Å²) in [4.78, 5) is 3.54. The van der Waals surface area contributed by atoms with E-state index in [0.29, 0.717) is 5.84 Å². The Labute approximate surface area is 136 Å². The van der Waals surface area contributed by atoms with Crippen molar-refractivity contribution in [2.45, 2.75) is 25.7 Å². The van der Waals surface area contributed by atoms with Crippen LogP contribution in [-0.2, 0) is 6.42 Å². The number of amidine groups is 1. The van der Waals surface area contributed by atoms with Crippen LogP contribution < -0.4 is 5.32 Å². The summed E-state index contributed by atoms with van der Waals surface area (Å²) in [6.45, 7) is 3.77. The molecular formula is C18H23N3S. The van der Waals surface area contributed by atoms with Crippen molar-refractivity contribution < 1.29 is 0 Å². The molecule has 2 aromatic rings. The third kappa shape index (κ3) is 4.18. The maximum atomic E-state index is 8.10. The van der Waals surface area contributed by atoms with E-state index < -0.39 is 0 Å². The van der Waals surface area contributed by atoms with Gasteiger partial charge in [0.1, 0.15) is 5.84 Å². The van der Waals surface area contributed by atoms with E-state index in [1.807, 2.05) is 23.6 Å². The summed E-state index contributed by atoms with van der Waals surface area (Å²) in [5.41, 5.74) is 2.36. The van der Waals surface area contributed by atoms with E-state index >= 15 is 0 Å². The Morgan fingerprint density at radius 3 is 2.82 bits per heavy atom. The summed E-state index contributed by atoms with van der Waals surface area (Å²) >= 11 is 1.59. The average molecular weight is 313 g/mol. The quantitative estimate of drug-likeness (QED) is 0.619. The van der Waals surface area contributed by atoms with Crippen molar-refractivity contribution in [2.24, 2.45) is 0 Å². The van der Waals surface area contributed by atoms with Crippen molar-refractivity contribution in [1.29, 1.82) is 5.41 Å². The van der Waals surface area contributed by atoms with Gasteiger partial charge in [0.15, 0.2) is 0 Å². The summed E-state index contributed by atoms with van der Waals surface area (Å²) in [6, 6.07) is 12.4. The first-order valence-electron chi connectivity index (χ1n) is 8.02. The fraction of sp³-hybridized carbons (Fsp3) is 0.389. The zero-order chi connectivity index (χ0) is 15.2. The number of thiophene rings is 1. The number of likely N-dealkylation sites (tertiary alicyclic amines) is 1. The highest BCUT2D eigenvalue weighted by molar-refractivity contribution is 7.12. The lowest BCUT2D eigenvalue weighted by Gasteiger charge is -2.14. The van der Waals surface area contributed by atoms with Crippen LogP contribution in [0.2, 0.25) is 0 Å². The normalized spacial score (nSPS) is 15.1. The van der Waals surface area contributed by atoms with Gasteiger partial charge in [0, 0.05) is 5.69 Å². The molecule has 0 spiro atoms. The van der Waals surface area contributed by atoms with Crippen molar-refractivity contribution in [3.8, 4) is 0 Å². The van der Waals surface area contributed by atoms with E-state index in [4.69, 9.17) is 5.41 Å². The number of hydrogen-bond acceptors (Lipinski definition) is 3. The molecule has 0 amide bonds. The van der Waals surface area contributed by atoms with Crippen LogP contribution in [0.15, 0.2) is 41.8 Å². The van der Waals surface area contributed by atoms with Gasteiger partial charge in [-0.05, 0) is 74.5 Å². The molecule has 0 saturated carbocycles. The Morgan fingerprint density at radius 1 is 1.18 bits per heavy atom. The molecule has 2 N–H and O–H groups in total. The number of nitrogens with zero attached hydrogens (tertiary/aromatic N) is 1. The van der Waals surface area contributed by atoms with E-state index in [1.54, 1.807) is 11.3 Å². The predicted molar refractivity (Wildman–Crippen MR) is 95.2 cm³/mol. The van der Waals surface area contributed by atoms with Gasteiger partial charge in [-0.2, -0.15) is 0 Å². The van der Waals surface area contributed by atoms with Crippen molar-refractivity contribution >= 4 is 22.9 Å². The molecule has 1 aromatic carbocycles. The lowest BCUT2D eigenvalue weighted by Crippen LogP contribution is -2.20. The van der Waals surface area contributed by atoms with E-state index in [0.717, 1.165) is 17.0 Å². The van der Waals surface area contributed by atoms with Crippen molar-refractivity contribution in [1.82, 2.24) is 4.90 Å². The number of hydrogen-bond donors (Lipinski definition) is 2.